The number of methoxy groups -OCH3 is 1. The number of anilines is 2. The maximum atomic E-state index is 12.1. The van der Waals surface area contributed by atoms with Crippen LogP contribution in [-0.2, 0) is 0 Å². The van der Waals surface area contributed by atoms with Gasteiger partial charge in [-0.1, -0.05) is 17.7 Å². The fourth-order valence-electron chi connectivity index (χ4n) is 1.73. The van der Waals surface area contributed by atoms with Crippen molar-refractivity contribution < 1.29 is 9.53 Å². The van der Waals surface area contributed by atoms with Gasteiger partial charge in [0.1, 0.15) is 5.75 Å². The molecular formula is C15H15ClN2O2. The average molecular weight is 291 g/mol. The van der Waals surface area contributed by atoms with E-state index in [1.165, 1.54) is 7.11 Å². The van der Waals surface area contributed by atoms with Gasteiger partial charge in [0.2, 0.25) is 0 Å². The minimum Gasteiger partial charge on any atom is -0.495 e. The summed E-state index contributed by atoms with van der Waals surface area (Å²) in [5.74, 6) is 0.225. The van der Waals surface area contributed by atoms with Gasteiger partial charge in [-0.25, -0.2) is 0 Å². The third kappa shape index (κ3) is 3.03. The number of carbonyl (C=O) groups excluding carboxylic acids is 1. The highest BCUT2D eigenvalue weighted by atomic mass is 35.5. The summed E-state index contributed by atoms with van der Waals surface area (Å²) in [7, 11) is 1.51. The Balaban J connectivity index is 2.21. The number of aryl methyl sites for hydroxylation is 1. The van der Waals surface area contributed by atoms with E-state index < -0.39 is 0 Å². The van der Waals surface area contributed by atoms with Crippen molar-refractivity contribution in [3.63, 3.8) is 0 Å². The quantitative estimate of drug-likeness (QED) is 0.851. The summed E-state index contributed by atoms with van der Waals surface area (Å²) in [4.78, 5) is 12.1. The first kappa shape index (κ1) is 14.2. The zero-order valence-electron chi connectivity index (χ0n) is 11.2. The van der Waals surface area contributed by atoms with E-state index in [0.29, 0.717) is 27.7 Å². The molecule has 0 radical (unpaired) electrons. The first-order chi connectivity index (χ1) is 9.51. The van der Waals surface area contributed by atoms with Crippen LogP contribution in [0.15, 0.2) is 36.4 Å². The highest BCUT2D eigenvalue weighted by molar-refractivity contribution is 6.31. The molecule has 2 rings (SSSR count). The Morgan fingerprint density at radius 1 is 1.25 bits per heavy atom. The van der Waals surface area contributed by atoms with E-state index in [1.54, 1.807) is 30.3 Å². The van der Waals surface area contributed by atoms with E-state index in [0.717, 1.165) is 5.56 Å². The number of rotatable bonds is 3. The van der Waals surface area contributed by atoms with Crippen LogP contribution in [0.1, 0.15) is 15.9 Å². The van der Waals surface area contributed by atoms with Crippen LogP contribution in [0.3, 0.4) is 0 Å². The first-order valence-electron chi connectivity index (χ1n) is 6.02. The molecule has 2 aromatic rings. The van der Waals surface area contributed by atoms with E-state index in [1.807, 2.05) is 13.0 Å². The van der Waals surface area contributed by atoms with Crippen molar-refractivity contribution in [1.29, 1.82) is 0 Å². The lowest BCUT2D eigenvalue weighted by molar-refractivity contribution is 0.102. The van der Waals surface area contributed by atoms with Crippen LogP contribution >= 0.6 is 11.6 Å². The molecule has 0 saturated carbocycles. The Morgan fingerprint density at radius 3 is 2.65 bits per heavy atom. The summed E-state index contributed by atoms with van der Waals surface area (Å²) in [5.41, 5.74) is 8.27. The van der Waals surface area contributed by atoms with Crippen LogP contribution in [0.4, 0.5) is 11.4 Å². The summed E-state index contributed by atoms with van der Waals surface area (Å²) in [6, 6.07) is 10.2. The number of nitrogens with two attached hydrogens (primary N) is 1. The Kier molecular flexibility index (Phi) is 4.15. The van der Waals surface area contributed by atoms with Crippen LogP contribution < -0.4 is 15.8 Å². The molecule has 20 heavy (non-hydrogen) atoms. The van der Waals surface area contributed by atoms with Gasteiger partial charge in [0.15, 0.2) is 0 Å². The largest absolute Gasteiger partial charge is 0.495 e. The number of carbonyl (C=O) groups is 1. The van der Waals surface area contributed by atoms with Gasteiger partial charge in [-0.2, -0.15) is 0 Å². The lowest BCUT2D eigenvalue weighted by atomic mass is 10.1. The zero-order valence-corrected chi connectivity index (χ0v) is 12.0. The second kappa shape index (κ2) is 5.84. The van der Waals surface area contributed by atoms with Gasteiger partial charge in [0.05, 0.1) is 12.8 Å². The molecule has 2 aromatic carbocycles. The van der Waals surface area contributed by atoms with E-state index in [2.05, 4.69) is 5.32 Å². The fraction of sp³-hybridized carbons (Fsp3) is 0.133. The summed E-state index contributed by atoms with van der Waals surface area (Å²) in [5, 5.41) is 3.39. The van der Waals surface area contributed by atoms with Crippen molar-refractivity contribution in [3.05, 3.63) is 52.5 Å². The third-order valence-corrected chi connectivity index (χ3v) is 3.33. The molecule has 5 heteroatoms. The molecule has 3 N–H and O–H groups in total. The molecule has 0 heterocycles. The van der Waals surface area contributed by atoms with Crippen LogP contribution in [0, 0.1) is 6.92 Å². The average Bonchev–Trinajstić information content (AvgIpc) is 2.43. The maximum Gasteiger partial charge on any atom is 0.255 e. The van der Waals surface area contributed by atoms with Crippen LogP contribution in [0.5, 0.6) is 5.75 Å². The van der Waals surface area contributed by atoms with Crippen molar-refractivity contribution >= 4 is 28.9 Å². The number of benzene rings is 2. The van der Waals surface area contributed by atoms with Crippen molar-refractivity contribution in [1.82, 2.24) is 0 Å². The van der Waals surface area contributed by atoms with Crippen molar-refractivity contribution in [3.8, 4) is 5.75 Å². The SMILES string of the molecule is COc1cc(C(=O)Nc2ccc(C)c(Cl)c2)ccc1N. The van der Waals surface area contributed by atoms with Crippen molar-refractivity contribution in [2.75, 3.05) is 18.2 Å². The molecule has 0 bridgehead atoms. The van der Waals surface area contributed by atoms with E-state index in [4.69, 9.17) is 22.1 Å². The number of nitrogens with one attached hydrogen (secondary N) is 1. The van der Waals surface area contributed by atoms with Gasteiger partial charge in [0.25, 0.3) is 5.91 Å². The topological polar surface area (TPSA) is 64.3 Å². The van der Waals surface area contributed by atoms with Gasteiger partial charge < -0.3 is 15.8 Å². The van der Waals surface area contributed by atoms with Crippen molar-refractivity contribution in [2.24, 2.45) is 0 Å². The Bertz CT molecular complexity index is 656. The number of hydrogen-bond acceptors (Lipinski definition) is 3. The van der Waals surface area contributed by atoms with Crippen LogP contribution in [-0.4, -0.2) is 13.0 Å². The predicted molar refractivity (Wildman–Crippen MR) is 81.5 cm³/mol. The summed E-state index contributed by atoms with van der Waals surface area (Å²) in [6.45, 7) is 1.90. The summed E-state index contributed by atoms with van der Waals surface area (Å²) in [6.07, 6.45) is 0. The Morgan fingerprint density at radius 2 is 2.00 bits per heavy atom. The van der Waals surface area contributed by atoms with Gasteiger partial charge in [-0.05, 0) is 42.8 Å². The third-order valence-electron chi connectivity index (χ3n) is 2.93. The molecule has 0 unspecified atom stereocenters. The van der Waals surface area contributed by atoms with Gasteiger partial charge in [0, 0.05) is 16.3 Å². The lowest BCUT2D eigenvalue weighted by Gasteiger charge is -2.09. The van der Waals surface area contributed by atoms with Gasteiger partial charge in [-0.15, -0.1) is 0 Å². The molecule has 104 valence electrons. The number of ether oxygens (including phenoxy) is 1. The van der Waals surface area contributed by atoms with Crippen LogP contribution in [0.2, 0.25) is 5.02 Å². The number of hydrogen-bond donors (Lipinski definition) is 2. The maximum absolute atomic E-state index is 12.1. The lowest BCUT2D eigenvalue weighted by Crippen LogP contribution is -2.12. The minimum absolute atomic E-state index is 0.247. The fourth-order valence-corrected chi connectivity index (χ4v) is 1.91. The molecule has 0 saturated heterocycles. The zero-order chi connectivity index (χ0) is 14.7. The summed E-state index contributed by atoms with van der Waals surface area (Å²) >= 11 is 6.02. The molecule has 0 fully saturated rings. The van der Waals surface area contributed by atoms with Gasteiger partial charge >= 0.3 is 0 Å². The van der Waals surface area contributed by atoms with Crippen molar-refractivity contribution in [2.45, 2.75) is 6.92 Å². The molecule has 4 nitrogen and oxygen atoms in total. The highest BCUT2D eigenvalue weighted by Gasteiger charge is 2.09. The molecule has 0 aromatic heterocycles. The minimum atomic E-state index is -0.247. The standard InChI is InChI=1S/C15H15ClN2O2/c1-9-3-5-11(8-12(9)16)18-15(19)10-4-6-13(17)14(7-10)20-2/h3-8H,17H2,1-2H3,(H,18,19). The Labute approximate surface area is 122 Å². The number of nitrogen functional groups attached to an aromatic ring is 1. The van der Waals surface area contributed by atoms with E-state index in [9.17, 15) is 4.79 Å². The highest BCUT2D eigenvalue weighted by Crippen LogP contribution is 2.24. The normalized spacial score (nSPS) is 10.2. The predicted octanol–water partition coefficient (Wildman–Crippen LogP) is 3.49. The van der Waals surface area contributed by atoms with Gasteiger partial charge in [-0.3, -0.25) is 4.79 Å². The second-order valence-corrected chi connectivity index (χ2v) is 4.78. The molecule has 1 amide bonds. The number of amides is 1. The molecule has 0 aliphatic rings. The molecular weight excluding hydrogens is 276 g/mol. The summed E-state index contributed by atoms with van der Waals surface area (Å²) < 4.78 is 5.09. The van der Waals surface area contributed by atoms with E-state index in [-0.39, 0.29) is 5.91 Å². The molecule has 0 aliphatic carbocycles. The monoisotopic (exact) mass is 290 g/mol. The van der Waals surface area contributed by atoms with E-state index >= 15 is 0 Å². The molecule has 0 aliphatic heterocycles. The first-order valence-corrected chi connectivity index (χ1v) is 6.40. The molecule has 0 atom stereocenters. The number of halogens is 1. The smallest absolute Gasteiger partial charge is 0.255 e. The Hall–Kier alpha value is -2.20. The molecule has 0 spiro atoms. The van der Waals surface area contributed by atoms with Crippen LogP contribution in [0.25, 0.3) is 0 Å². The second-order valence-electron chi connectivity index (χ2n) is 4.37.